The van der Waals surface area contributed by atoms with Crippen molar-refractivity contribution in [3.05, 3.63) is 106 Å². The predicted molar refractivity (Wildman–Crippen MR) is 147 cm³/mol. The molecule has 0 saturated carbocycles. The molecule has 0 aliphatic carbocycles. The maximum atomic E-state index is 13.6. The molecule has 0 saturated heterocycles. The second-order valence-corrected chi connectivity index (χ2v) is 10.4. The van der Waals surface area contributed by atoms with E-state index < -0.39 is 6.04 Å². The first-order valence-electron chi connectivity index (χ1n) is 11.8. The minimum Gasteiger partial charge on any atom is -0.352 e. The molecule has 35 heavy (non-hydrogen) atoms. The van der Waals surface area contributed by atoms with Gasteiger partial charge in [-0.05, 0) is 49.6 Å². The average molecular weight is 509 g/mol. The number of hydrogen-bond donors (Lipinski definition) is 1. The van der Waals surface area contributed by atoms with Crippen LogP contribution in [-0.4, -0.2) is 34.6 Å². The van der Waals surface area contributed by atoms with Gasteiger partial charge in [0.25, 0.3) is 0 Å². The van der Waals surface area contributed by atoms with Crippen molar-refractivity contribution in [1.82, 2.24) is 10.2 Å². The lowest BCUT2D eigenvalue weighted by Crippen LogP contribution is -2.52. The van der Waals surface area contributed by atoms with Gasteiger partial charge in [-0.2, -0.15) is 0 Å². The van der Waals surface area contributed by atoms with Crippen molar-refractivity contribution in [1.29, 1.82) is 0 Å². The number of nitrogens with one attached hydrogen (secondary N) is 1. The van der Waals surface area contributed by atoms with Gasteiger partial charge in [-0.1, -0.05) is 83.9 Å². The lowest BCUT2D eigenvalue weighted by atomic mass is 10.0. The van der Waals surface area contributed by atoms with Crippen molar-refractivity contribution < 1.29 is 9.59 Å². The molecule has 0 bridgehead atoms. The number of amides is 2. The Morgan fingerprint density at radius 2 is 1.51 bits per heavy atom. The lowest BCUT2D eigenvalue weighted by Gasteiger charge is -2.32. The molecule has 0 fully saturated rings. The summed E-state index contributed by atoms with van der Waals surface area (Å²) in [4.78, 5) is 28.6. The minimum atomic E-state index is -0.622. The average Bonchev–Trinajstić information content (AvgIpc) is 2.84. The Hall–Kier alpha value is -2.76. The molecule has 3 aromatic carbocycles. The van der Waals surface area contributed by atoms with Gasteiger partial charge in [0.15, 0.2) is 0 Å². The number of halogens is 1. The Bertz CT molecular complexity index is 1090. The topological polar surface area (TPSA) is 49.4 Å². The normalized spacial score (nSPS) is 11.8. The first kappa shape index (κ1) is 26.8. The van der Waals surface area contributed by atoms with E-state index in [1.165, 1.54) is 11.1 Å². The van der Waals surface area contributed by atoms with E-state index in [1.807, 2.05) is 68.4 Å². The summed E-state index contributed by atoms with van der Waals surface area (Å²) in [5.74, 6) is 0.830. The lowest BCUT2D eigenvalue weighted by molar-refractivity contribution is -0.139. The van der Waals surface area contributed by atoms with E-state index in [-0.39, 0.29) is 17.9 Å². The van der Waals surface area contributed by atoms with Gasteiger partial charge in [-0.3, -0.25) is 9.59 Å². The maximum absolute atomic E-state index is 13.6. The molecule has 2 amide bonds. The highest BCUT2D eigenvalue weighted by atomic mass is 35.5. The fraction of sp³-hybridized carbons (Fsp3) is 0.310. The fourth-order valence-electron chi connectivity index (χ4n) is 3.74. The van der Waals surface area contributed by atoms with E-state index in [0.29, 0.717) is 23.7 Å². The van der Waals surface area contributed by atoms with Gasteiger partial charge in [-0.25, -0.2) is 0 Å². The Balaban J connectivity index is 1.83. The summed E-state index contributed by atoms with van der Waals surface area (Å²) in [5, 5.41) is 3.66. The highest BCUT2D eigenvalue weighted by Gasteiger charge is 2.30. The maximum Gasteiger partial charge on any atom is 0.243 e. The van der Waals surface area contributed by atoms with Crippen LogP contribution in [0.25, 0.3) is 0 Å². The van der Waals surface area contributed by atoms with E-state index in [2.05, 4.69) is 36.5 Å². The third-order valence-electron chi connectivity index (χ3n) is 5.58. The van der Waals surface area contributed by atoms with E-state index >= 15 is 0 Å². The zero-order chi connectivity index (χ0) is 25.2. The fourth-order valence-corrected chi connectivity index (χ4v) is 4.74. The van der Waals surface area contributed by atoms with Crippen LogP contribution in [0.1, 0.15) is 36.1 Å². The Kier molecular flexibility index (Phi) is 10.2. The van der Waals surface area contributed by atoms with E-state index in [9.17, 15) is 9.59 Å². The summed E-state index contributed by atoms with van der Waals surface area (Å²) in [6.45, 7) is 6.26. The number of rotatable bonds is 11. The van der Waals surface area contributed by atoms with Gasteiger partial charge in [0, 0.05) is 29.8 Å². The van der Waals surface area contributed by atoms with Crippen molar-refractivity contribution in [3.63, 3.8) is 0 Å². The zero-order valence-corrected chi connectivity index (χ0v) is 22.1. The van der Waals surface area contributed by atoms with Gasteiger partial charge in [-0.15, -0.1) is 11.8 Å². The summed E-state index contributed by atoms with van der Waals surface area (Å²) >= 11 is 7.64. The van der Waals surface area contributed by atoms with Gasteiger partial charge in [0.2, 0.25) is 11.8 Å². The smallest absolute Gasteiger partial charge is 0.243 e. The van der Waals surface area contributed by atoms with Crippen LogP contribution in [0.5, 0.6) is 0 Å². The van der Waals surface area contributed by atoms with Crippen molar-refractivity contribution >= 4 is 35.2 Å². The molecule has 0 unspecified atom stereocenters. The number of carbonyl (C=O) groups is 2. The van der Waals surface area contributed by atoms with Gasteiger partial charge < -0.3 is 10.2 Å². The minimum absolute atomic E-state index is 0.0239. The van der Waals surface area contributed by atoms with E-state index in [1.54, 1.807) is 16.7 Å². The summed E-state index contributed by atoms with van der Waals surface area (Å²) < 4.78 is 0. The molecule has 0 aliphatic heterocycles. The second kappa shape index (κ2) is 13.4. The molecule has 4 nitrogen and oxygen atoms in total. The Morgan fingerprint density at radius 3 is 2.14 bits per heavy atom. The quantitative estimate of drug-likeness (QED) is 0.343. The second-order valence-electron chi connectivity index (χ2n) is 9.00. The van der Waals surface area contributed by atoms with E-state index in [4.69, 9.17) is 11.6 Å². The third kappa shape index (κ3) is 8.75. The number of hydrogen-bond acceptors (Lipinski definition) is 3. The first-order valence-corrected chi connectivity index (χ1v) is 13.4. The van der Waals surface area contributed by atoms with Gasteiger partial charge >= 0.3 is 0 Å². The van der Waals surface area contributed by atoms with Crippen LogP contribution < -0.4 is 5.32 Å². The van der Waals surface area contributed by atoms with Crippen LogP contribution in [0.2, 0.25) is 5.02 Å². The van der Waals surface area contributed by atoms with Crippen molar-refractivity contribution in [2.24, 2.45) is 0 Å². The van der Waals surface area contributed by atoms with Crippen molar-refractivity contribution in [2.75, 3.05) is 5.75 Å². The zero-order valence-electron chi connectivity index (χ0n) is 20.5. The third-order valence-corrected chi connectivity index (χ3v) is 6.82. The number of nitrogens with zero attached hydrogens (tertiary/aromatic N) is 1. The molecule has 0 radical (unpaired) electrons. The summed E-state index contributed by atoms with van der Waals surface area (Å²) in [7, 11) is 0. The molecular formula is C29H33ClN2O2S. The summed E-state index contributed by atoms with van der Waals surface area (Å²) in [6, 6.07) is 25.0. The number of carbonyl (C=O) groups excluding carboxylic acids is 2. The SMILES string of the molecule is Cc1ccc(CSCC(=O)N(Cc2ccc(Cl)cc2)[C@H](Cc2ccccc2)C(=O)NC(C)C)cc1. The standard InChI is InChI=1S/C29H33ClN2O2S/c1-21(2)31-29(34)27(17-23-7-5-4-6-8-23)32(18-24-13-15-26(30)16-14-24)28(33)20-35-19-25-11-9-22(3)10-12-25/h4-16,21,27H,17-20H2,1-3H3,(H,31,34)/t27-/m1/s1. The summed E-state index contributed by atoms with van der Waals surface area (Å²) in [6.07, 6.45) is 0.446. The van der Waals surface area contributed by atoms with Gasteiger partial charge in [0.1, 0.15) is 6.04 Å². The van der Waals surface area contributed by atoms with Crippen LogP contribution in [0.4, 0.5) is 0 Å². The monoisotopic (exact) mass is 508 g/mol. The number of benzene rings is 3. The molecule has 3 rings (SSSR count). The molecule has 0 spiro atoms. The molecule has 1 atom stereocenters. The van der Waals surface area contributed by atoms with Crippen LogP contribution >= 0.6 is 23.4 Å². The van der Waals surface area contributed by atoms with Crippen LogP contribution in [0.15, 0.2) is 78.9 Å². The number of aryl methyl sites for hydroxylation is 1. The van der Waals surface area contributed by atoms with Gasteiger partial charge in [0.05, 0.1) is 5.75 Å². The predicted octanol–water partition coefficient (Wildman–Crippen LogP) is 6.05. The molecular weight excluding hydrogens is 476 g/mol. The molecule has 0 aromatic heterocycles. The molecule has 6 heteroatoms. The molecule has 3 aromatic rings. The molecule has 0 heterocycles. The Morgan fingerprint density at radius 1 is 0.886 bits per heavy atom. The van der Waals surface area contributed by atoms with Crippen LogP contribution in [0.3, 0.4) is 0 Å². The highest BCUT2D eigenvalue weighted by Crippen LogP contribution is 2.20. The van der Waals surface area contributed by atoms with Crippen LogP contribution in [-0.2, 0) is 28.3 Å². The Labute approximate surface area is 218 Å². The molecule has 184 valence electrons. The van der Waals surface area contributed by atoms with Crippen molar-refractivity contribution in [3.8, 4) is 0 Å². The molecule has 1 N–H and O–H groups in total. The van der Waals surface area contributed by atoms with Crippen molar-refractivity contribution in [2.45, 2.75) is 51.6 Å². The summed E-state index contributed by atoms with van der Waals surface area (Å²) in [5.41, 5.74) is 4.33. The largest absolute Gasteiger partial charge is 0.352 e. The molecule has 0 aliphatic rings. The van der Waals surface area contributed by atoms with Crippen LogP contribution in [0, 0.1) is 6.92 Å². The number of thioether (sulfide) groups is 1. The highest BCUT2D eigenvalue weighted by molar-refractivity contribution is 7.99. The first-order chi connectivity index (χ1) is 16.8. The van der Waals surface area contributed by atoms with E-state index in [0.717, 1.165) is 16.9 Å².